The first-order chi connectivity index (χ1) is 23.0. The van der Waals surface area contributed by atoms with Crippen molar-refractivity contribution in [2.45, 2.75) is 117 Å². The van der Waals surface area contributed by atoms with Gasteiger partial charge in [0, 0.05) is 6.54 Å². The van der Waals surface area contributed by atoms with Gasteiger partial charge in [0.2, 0.25) is 17.6 Å². The van der Waals surface area contributed by atoms with Gasteiger partial charge in [0.1, 0.15) is 12.1 Å². The molecule has 1 aromatic carbocycles. The normalized spacial score (nSPS) is 23.9. The van der Waals surface area contributed by atoms with Gasteiger partial charge in [0.25, 0.3) is 5.91 Å². The topological polar surface area (TPSA) is 185 Å². The quantitative estimate of drug-likeness (QED) is 0.201. The molecule has 12 nitrogen and oxygen atoms in total. The first kappa shape index (κ1) is 39.3. The third kappa shape index (κ3) is 9.24. The number of likely N-dealkylation sites (tertiary alicyclic amines) is 1. The highest BCUT2D eigenvalue weighted by molar-refractivity contribution is 7.90. The van der Waals surface area contributed by atoms with Crippen LogP contribution >= 0.6 is 0 Å². The lowest BCUT2D eigenvalue weighted by Gasteiger charge is -2.39. The minimum atomic E-state index is -3.64. The zero-order valence-corrected chi connectivity index (χ0v) is 31.7. The molecule has 2 aliphatic carbocycles. The van der Waals surface area contributed by atoms with Crippen LogP contribution < -0.4 is 21.7 Å². The number of carbonyl (C=O) groups is 5. The van der Waals surface area contributed by atoms with Gasteiger partial charge in [-0.3, -0.25) is 19.2 Å². The van der Waals surface area contributed by atoms with Gasteiger partial charge in [-0.2, -0.15) is 0 Å². The minimum absolute atomic E-state index is 0.0396. The van der Waals surface area contributed by atoms with Crippen molar-refractivity contribution < 1.29 is 32.4 Å². The summed E-state index contributed by atoms with van der Waals surface area (Å²) in [7, 11) is -3.64. The molecule has 5 unspecified atom stereocenters. The van der Waals surface area contributed by atoms with Crippen molar-refractivity contribution in [3.8, 4) is 0 Å². The third-order valence-corrected chi connectivity index (χ3v) is 12.7. The number of sulfone groups is 1. The minimum Gasteiger partial charge on any atom is -0.363 e. The van der Waals surface area contributed by atoms with Crippen LogP contribution in [0.25, 0.3) is 0 Å². The summed E-state index contributed by atoms with van der Waals surface area (Å²) in [6.45, 7) is 15.4. The van der Waals surface area contributed by atoms with Gasteiger partial charge in [-0.25, -0.2) is 13.2 Å². The van der Waals surface area contributed by atoms with Gasteiger partial charge in [0.15, 0.2) is 9.84 Å². The lowest BCUT2D eigenvalue weighted by molar-refractivity contribution is -0.145. The number of amides is 5. The molecule has 5 N–H and O–H groups in total. The number of piperidine rings is 1. The monoisotopic (exact) mass is 715 g/mol. The molecule has 50 heavy (non-hydrogen) atoms. The van der Waals surface area contributed by atoms with E-state index in [4.69, 9.17) is 5.73 Å². The summed E-state index contributed by atoms with van der Waals surface area (Å²) in [5.74, 6) is -3.26. The molecule has 13 heteroatoms. The molecule has 2 saturated carbocycles. The van der Waals surface area contributed by atoms with Crippen molar-refractivity contribution in [2.75, 3.05) is 12.3 Å². The number of hydrogen-bond acceptors (Lipinski definition) is 7. The molecule has 0 spiro atoms. The Kier molecular flexibility index (Phi) is 11.5. The van der Waals surface area contributed by atoms with E-state index in [-0.39, 0.29) is 40.6 Å². The van der Waals surface area contributed by atoms with Crippen molar-refractivity contribution in [1.29, 1.82) is 0 Å². The van der Waals surface area contributed by atoms with Crippen LogP contribution in [0, 0.1) is 34.5 Å². The highest BCUT2D eigenvalue weighted by Gasteiger charge is 2.70. The fourth-order valence-electron chi connectivity index (χ4n) is 8.20. The number of rotatable bonds is 15. The van der Waals surface area contributed by atoms with E-state index >= 15 is 0 Å². The van der Waals surface area contributed by atoms with E-state index in [0.717, 1.165) is 19.3 Å². The molecule has 6 atom stereocenters. The Morgan fingerprint density at radius 2 is 1.62 bits per heavy atom. The van der Waals surface area contributed by atoms with E-state index in [9.17, 15) is 32.4 Å². The molecule has 1 aromatic rings. The average Bonchev–Trinajstić information content (AvgIpc) is 3.27. The number of nitrogens with one attached hydrogen (secondary N) is 3. The van der Waals surface area contributed by atoms with Gasteiger partial charge >= 0.3 is 6.03 Å². The van der Waals surface area contributed by atoms with Gasteiger partial charge in [0.05, 0.1) is 23.1 Å². The van der Waals surface area contributed by atoms with Gasteiger partial charge in [-0.1, -0.05) is 98.1 Å². The number of hydrogen-bond donors (Lipinski definition) is 4. The summed E-state index contributed by atoms with van der Waals surface area (Å²) in [6.07, 6.45) is 3.52. The second-order valence-corrected chi connectivity index (χ2v) is 19.3. The van der Waals surface area contributed by atoms with Crippen molar-refractivity contribution >= 4 is 39.4 Å². The molecule has 3 fully saturated rings. The average molecular weight is 716 g/mol. The summed E-state index contributed by atoms with van der Waals surface area (Å²) in [4.78, 5) is 68.3. The van der Waals surface area contributed by atoms with Crippen LogP contribution in [0.15, 0.2) is 30.3 Å². The summed E-state index contributed by atoms with van der Waals surface area (Å²) in [6, 6.07) is 5.14. The van der Waals surface area contributed by atoms with Crippen LogP contribution in [0.2, 0.25) is 0 Å². The van der Waals surface area contributed by atoms with Crippen LogP contribution in [0.5, 0.6) is 0 Å². The summed E-state index contributed by atoms with van der Waals surface area (Å²) in [5, 5.41) is 8.52. The summed E-state index contributed by atoms with van der Waals surface area (Å²) < 4.78 is 26.7. The Balaban J connectivity index is 1.53. The number of Topliss-reactive ketones (excluding diaryl/α,β-unsaturated/α-hetero) is 1. The Labute approximate surface area is 297 Å². The van der Waals surface area contributed by atoms with E-state index in [2.05, 4.69) is 16.0 Å². The number of carbonyl (C=O) groups excluding carboxylic acids is 5. The predicted octanol–water partition coefficient (Wildman–Crippen LogP) is 3.33. The highest BCUT2D eigenvalue weighted by atomic mass is 32.2. The lowest BCUT2D eigenvalue weighted by atomic mass is 9.80. The van der Waals surface area contributed by atoms with Crippen LogP contribution in [0.3, 0.4) is 0 Å². The van der Waals surface area contributed by atoms with Crippen molar-refractivity contribution in [3.63, 3.8) is 0 Å². The third-order valence-electron chi connectivity index (χ3n) is 10.9. The molecule has 0 bridgehead atoms. The first-order valence-corrected chi connectivity index (χ1v) is 19.6. The number of primary amides is 1. The number of fused-ring (bicyclic) bond motifs is 1. The van der Waals surface area contributed by atoms with E-state index in [1.54, 1.807) is 31.2 Å². The number of nitrogens with two attached hydrogens (primary N) is 1. The molecular formula is C37H57N5O7S. The van der Waals surface area contributed by atoms with Crippen LogP contribution in [0.1, 0.15) is 93.1 Å². The smallest absolute Gasteiger partial charge is 0.315 e. The van der Waals surface area contributed by atoms with E-state index in [0.29, 0.717) is 24.9 Å². The van der Waals surface area contributed by atoms with Crippen LogP contribution in [-0.4, -0.2) is 78.8 Å². The molecule has 3 aliphatic rings. The highest BCUT2D eigenvalue weighted by Crippen LogP contribution is 2.65. The largest absolute Gasteiger partial charge is 0.363 e. The maximum Gasteiger partial charge on any atom is 0.315 e. The number of ketones is 1. The zero-order chi connectivity index (χ0) is 37.4. The number of benzene rings is 1. The molecule has 0 aromatic heterocycles. The van der Waals surface area contributed by atoms with Gasteiger partial charge in [-0.05, 0) is 59.8 Å². The van der Waals surface area contributed by atoms with Gasteiger partial charge in [-0.15, -0.1) is 0 Å². The molecule has 4 rings (SSSR count). The Hall–Kier alpha value is -3.48. The van der Waals surface area contributed by atoms with E-state index in [1.807, 2.05) is 54.5 Å². The Bertz CT molecular complexity index is 1570. The fourth-order valence-corrected chi connectivity index (χ4v) is 10.2. The molecule has 1 saturated heterocycles. The van der Waals surface area contributed by atoms with Crippen LogP contribution in [-0.2, 0) is 34.8 Å². The fraction of sp³-hybridized carbons (Fsp3) is 0.703. The van der Waals surface area contributed by atoms with E-state index < -0.39 is 68.5 Å². The second kappa shape index (κ2) is 14.6. The van der Waals surface area contributed by atoms with Crippen molar-refractivity contribution in [3.05, 3.63) is 35.9 Å². The standard InChI is InChI=1S/C37H57N5O7S/c1-22(2)18-37(8,21-50(48,49)20-24-13-10-9-11-14-24)41-34(47)40-30(35(3,4)5)33(46)42-19-25-27(36(25,6)7)28(42)32(45)39-26(29(43)31(38)44)17-23-15-12-16-23/h9-11,13-14,22-23,25-28,30H,12,15-21H2,1-8H3,(H2,38,44)(H,39,45)(H2,40,41,47)/t25?,26?,27?,28?,30-,37?/m1/s1. The van der Waals surface area contributed by atoms with Gasteiger partial charge < -0.3 is 26.6 Å². The maximum absolute atomic E-state index is 14.4. The van der Waals surface area contributed by atoms with Crippen molar-refractivity contribution in [1.82, 2.24) is 20.9 Å². The Morgan fingerprint density at radius 3 is 2.14 bits per heavy atom. The zero-order valence-electron chi connectivity index (χ0n) is 30.9. The molecule has 278 valence electrons. The maximum atomic E-state index is 14.4. The molecule has 1 aliphatic heterocycles. The molecule has 5 amide bonds. The Morgan fingerprint density at radius 1 is 1.00 bits per heavy atom. The number of nitrogens with zero attached hydrogens (tertiary/aromatic N) is 1. The molecule has 0 radical (unpaired) electrons. The van der Waals surface area contributed by atoms with Crippen LogP contribution in [0.4, 0.5) is 4.79 Å². The number of urea groups is 1. The first-order valence-electron chi connectivity index (χ1n) is 17.8. The predicted molar refractivity (Wildman–Crippen MR) is 191 cm³/mol. The summed E-state index contributed by atoms with van der Waals surface area (Å²) in [5.41, 5.74) is 3.85. The SMILES string of the molecule is CC(C)CC(C)(CS(=O)(=O)Cc1ccccc1)NC(=O)N[C@H](C(=O)N1CC2C(C1C(=O)NC(CC1CCC1)C(=O)C(N)=O)C2(C)C)C(C)(C)C. The van der Waals surface area contributed by atoms with Crippen molar-refractivity contribution in [2.24, 2.45) is 40.2 Å². The lowest BCUT2D eigenvalue weighted by Crippen LogP contribution is -2.63. The van der Waals surface area contributed by atoms with E-state index in [1.165, 1.54) is 4.90 Å². The second-order valence-electron chi connectivity index (χ2n) is 17.3. The molecule has 1 heterocycles. The summed E-state index contributed by atoms with van der Waals surface area (Å²) >= 11 is 0. The molecular weight excluding hydrogens is 659 g/mol.